The van der Waals surface area contributed by atoms with Crippen molar-refractivity contribution in [3.05, 3.63) is 119 Å². The highest BCUT2D eigenvalue weighted by molar-refractivity contribution is 7.88. The lowest BCUT2D eigenvalue weighted by Crippen LogP contribution is -2.57. The van der Waals surface area contributed by atoms with E-state index in [1.165, 1.54) is 4.72 Å². The first-order chi connectivity index (χ1) is 25.6. The number of carbonyl (C=O) groups is 3. The van der Waals surface area contributed by atoms with Crippen molar-refractivity contribution >= 4 is 39.4 Å². The van der Waals surface area contributed by atoms with Crippen molar-refractivity contribution in [1.82, 2.24) is 24.7 Å². The first kappa shape index (κ1) is 42.0. The highest BCUT2D eigenvalue weighted by atomic mass is 32.2. The van der Waals surface area contributed by atoms with Crippen molar-refractivity contribution in [2.45, 2.75) is 37.5 Å². The van der Waals surface area contributed by atoms with Gasteiger partial charge >= 0.3 is 22.4 Å². The summed E-state index contributed by atoms with van der Waals surface area (Å²) >= 11 is 0. The molecule has 0 aliphatic rings. The molecule has 4 rings (SSSR count). The van der Waals surface area contributed by atoms with Crippen molar-refractivity contribution < 1.29 is 62.3 Å². The van der Waals surface area contributed by atoms with E-state index in [1.807, 2.05) is 10.0 Å². The van der Waals surface area contributed by atoms with Crippen LogP contribution in [0.5, 0.6) is 0 Å². The highest BCUT2D eigenvalue weighted by Gasteiger charge is 2.34. The van der Waals surface area contributed by atoms with Crippen molar-refractivity contribution in [3.8, 4) is 0 Å². The van der Waals surface area contributed by atoms with Gasteiger partial charge in [-0.1, -0.05) is 0 Å². The summed E-state index contributed by atoms with van der Waals surface area (Å²) in [5, 5.41) is 2.03. The van der Waals surface area contributed by atoms with E-state index in [4.69, 9.17) is 0 Å². The van der Waals surface area contributed by atoms with E-state index < -0.39 is 100 Å². The van der Waals surface area contributed by atoms with Gasteiger partial charge in [-0.25, -0.2) is 40.8 Å². The Labute approximate surface area is 306 Å². The average Bonchev–Trinajstić information content (AvgIpc) is 3.08. The quantitative estimate of drug-likeness (QED) is 0.161. The van der Waals surface area contributed by atoms with Gasteiger partial charge in [0, 0.05) is 32.6 Å². The number of nitrogens with zero attached hydrogens (tertiary/aromatic N) is 4. The SMILES string of the molecule is CN(C(=O)[C@H](Cc1cc(F)cc(F)c1)NC(=O)NS(=O)(=O)N[C@@H](Cc1cc(F)cc(F)c1)C(=O)N(C)c1ccc(C(F)(F)F)nc1)c1ccc(C(F)F)nc1. The molecule has 0 spiro atoms. The fourth-order valence-electron chi connectivity index (χ4n) is 5.03. The molecule has 0 saturated heterocycles. The average molecular weight is 806 g/mol. The van der Waals surface area contributed by atoms with Crippen LogP contribution in [0.3, 0.4) is 0 Å². The molecule has 0 unspecified atom stereocenters. The molecule has 294 valence electrons. The van der Waals surface area contributed by atoms with Gasteiger partial charge in [0.1, 0.15) is 46.7 Å². The van der Waals surface area contributed by atoms with E-state index in [1.54, 1.807) is 0 Å². The zero-order chi connectivity index (χ0) is 40.8. The summed E-state index contributed by atoms with van der Waals surface area (Å²) < 4.78 is 151. The molecule has 0 bridgehead atoms. The third-order valence-electron chi connectivity index (χ3n) is 7.62. The molecule has 0 aliphatic carbocycles. The number of halogens is 9. The number of nitrogens with one attached hydrogen (secondary N) is 3. The lowest BCUT2D eigenvalue weighted by atomic mass is 10.0. The van der Waals surface area contributed by atoms with Gasteiger partial charge < -0.3 is 15.1 Å². The summed E-state index contributed by atoms with van der Waals surface area (Å²) in [5.74, 6) is -6.61. The molecule has 55 heavy (non-hydrogen) atoms. The molecule has 4 aromatic rings. The van der Waals surface area contributed by atoms with Crippen LogP contribution in [-0.4, -0.2) is 62.4 Å². The van der Waals surface area contributed by atoms with E-state index in [-0.39, 0.29) is 22.5 Å². The number of amides is 4. The summed E-state index contributed by atoms with van der Waals surface area (Å²) in [4.78, 5) is 48.4. The maximum atomic E-state index is 14.0. The molecule has 3 N–H and O–H groups in total. The van der Waals surface area contributed by atoms with Gasteiger partial charge in [0.25, 0.3) is 6.43 Å². The number of alkyl halides is 5. The number of rotatable bonds is 13. The summed E-state index contributed by atoms with van der Waals surface area (Å²) in [5.41, 5.74) is -2.75. The zero-order valence-electron chi connectivity index (χ0n) is 28.2. The minimum Gasteiger partial charge on any atom is -0.325 e. The first-order valence-electron chi connectivity index (χ1n) is 15.4. The van der Waals surface area contributed by atoms with E-state index in [0.29, 0.717) is 29.3 Å². The normalized spacial score (nSPS) is 12.9. The summed E-state index contributed by atoms with van der Waals surface area (Å²) in [7, 11) is -3.03. The molecule has 0 radical (unpaired) electrons. The van der Waals surface area contributed by atoms with Gasteiger partial charge in [-0.3, -0.25) is 14.6 Å². The number of likely N-dealkylation sites (N-methyl/N-ethyl adjacent to an activating group) is 2. The zero-order valence-corrected chi connectivity index (χ0v) is 29.0. The Morgan fingerprint density at radius 3 is 1.58 bits per heavy atom. The van der Waals surface area contributed by atoms with Crippen LogP contribution in [0.2, 0.25) is 0 Å². The van der Waals surface area contributed by atoms with E-state index >= 15 is 0 Å². The van der Waals surface area contributed by atoms with Crippen molar-refractivity contribution in [2.75, 3.05) is 23.9 Å². The smallest absolute Gasteiger partial charge is 0.325 e. The number of anilines is 2. The Morgan fingerprint density at radius 1 is 0.709 bits per heavy atom. The van der Waals surface area contributed by atoms with Crippen LogP contribution in [0.25, 0.3) is 0 Å². The van der Waals surface area contributed by atoms with Gasteiger partial charge in [0.15, 0.2) is 0 Å². The molecule has 2 aromatic heterocycles. The van der Waals surface area contributed by atoms with Crippen molar-refractivity contribution in [2.24, 2.45) is 0 Å². The van der Waals surface area contributed by atoms with Crippen LogP contribution in [0.4, 0.5) is 55.7 Å². The molecule has 22 heteroatoms. The summed E-state index contributed by atoms with van der Waals surface area (Å²) in [6.07, 6.45) is -7.66. The van der Waals surface area contributed by atoms with E-state index in [9.17, 15) is 62.3 Å². The fraction of sp³-hybridized carbons (Fsp3) is 0.242. The first-order valence-corrected chi connectivity index (χ1v) is 16.9. The second kappa shape index (κ2) is 17.1. The molecule has 2 heterocycles. The van der Waals surface area contributed by atoms with E-state index in [0.717, 1.165) is 67.7 Å². The van der Waals surface area contributed by atoms with Crippen LogP contribution in [0.1, 0.15) is 28.9 Å². The number of hydrogen-bond donors (Lipinski definition) is 3. The number of carbonyl (C=O) groups excluding carboxylic acids is 3. The minimum atomic E-state index is -5.19. The Kier molecular flexibility index (Phi) is 13.1. The Bertz CT molecular complexity index is 2100. The predicted octanol–water partition coefficient (Wildman–Crippen LogP) is 4.97. The second-order valence-corrected chi connectivity index (χ2v) is 13.1. The molecule has 12 nitrogen and oxygen atoms in total. The Hall–Kier alpha value is -5.77. The monoisotopic (exact) mass is 805 g/mol. The number of aromatic nitrogens is 2. The van der Waals surface area contributed by atoms with E-state index in [2.05, 4.69) is 9.97 Å². The highest BCUT2D eigenvalue weighted by Crippen LogP contribution is 2.28. The lowest BCUT2D eigenvalue weighted by molar-refractivity contribution is -0.141. The van der Waals surface area contributed by atoms with Gasteiger partial charge in [0.2, 0.25) is 11.8 Å². The topological polar surface area (TPSA) is 154 Å². The molecular weight excluding hydrogens is 777 g/mol. The maximum absolute atomic E-state index is 14.0. The third-order valence-corrected chi connectivity index (χ3v) is 8.67. The molecule has 0 saturated carbocycles. The van der Waals surface area contributed by atoms with Crippen LogP contribution in [-0.2, 0) is 38.8 Å². The van der Waals surface area contributed by atoms with Crippen LogP contribution >= 0.6 is 0 Å². The van der Waals surface area contributed by atoms with Gasteiger partial charge in [0.05, 0.1) is 23.8 Å². The fourth-order valence-corrected chi connectivity index (χ4v) is 5.95. The molecular formula is C33H28F9N7O5S. The largest absolute Gasteiger partial charge is 0.433 e. The van der Waals surface area contributed by atoms with Crippen LogP contribution in [0, 0.1) is 23.3 Å². The van der Waals surface area contributed by atoms with Crippen molar-refractivity contribution in [3.63, 3.8) is 0 Å². The van der Waals surface area contributed by atoms with Gasteiger partial charge in [-0.05, 0) is 66.1 Å². The molecule has 0 fully saturated rings. The van der Waals surface area contributed by atoms with Gasteiger partial charge in [-0.2, -0.15) is 26.3 Å². The lowest BCUT2D eigenvalue weighted by Gasteiger charge is -2.26. The van der Waals surface area contributed by atoms with Crippen molar-refractivity contribution in [1.29, 1.82) is 0 Å². The number of hydrogen-bond acceptors (Lipinski definition) is 7. The summed E-state index contributed by atoms with van der Waals surface area (Å²) in [6, 6.07) is 2.06. The summed E-state index contributed by atoms with van der Waals surface area (Å²) in [6.45, 7) is 0. The van der Waals surface area contributed by atoms with Crippen LogP contribution in [0.15, 0.2) is 73.1 Å². The standard InChI is InChI=1S/C33H28F9N7O5S/c1-48(23-3-5-25(29(38)39)43-15-23)30(50)26(11-17-7-19(34)13-20(35)8-17)45-32(52)47-55(53,54)46-27(12-18-9-21(36)14-22(37)10-18)31(51)49(2)24-4-6-28(44-16-24)33(40,41)42/h3-10,13-16,26-27,29,46H,11-12H2,1-2H3,(H2,45,47,52)/t26-,27-/m0/s1. The minimum absolute atomic E-state index is 0.0798. The molecule has 4 amide bonds. The molecule has 2 atom stereocenters. The predicted molar refractivity (Wildman–Crippen MR) is 177 cm³/mol. The number of urea groups is 1. The maximum Gasteiger partial charge on any atom is 0.433 e. The van der Waals surface area contributed by atoms with Gasteiger partial charge in [-0.15, -0.1) is 0 Å². The van der Waals surface area contributed by atoms with Crippen LogP contribution < -0.4 is 24.6 Å². The number of pyridine rings is 2. The number of benzene rings is 2. The third kappa shape index (κ3) is 11.6. The molecule has 2 aromatic carbocycles. The Balaban J connectivity index is 1.59. The molecule has 0 aliphatic heterocycles. The second-order valence-electron chi connectivity index (χ2n) is 11.7. The Morgan fingerprint density at radius 2 is 1.16 bits per heavy atom.